The highest BCUT2D eigenvalue weighted by Crippen LogP contribution is 2.27. The molecule has 16 heavy (non-hydrogen) atoms. The molecule has 0 aliphatic heterocycles. The summed E-state index contributed by atoms with van der Waals surface area (Å²) in [6.45, 7) is 0. The van der Waals surface area contributed by atoms with Gasteiger partial charge < -0.3 is 0 Å². The van der Waals surface area contributed by atoms with E-state index in [1.165, 1.54) is 0 Å². The van der Waals surface area contributed by atoms with Crippen LogP contribution in [0.25, 0.3) is 10.8 Å². The molecule has 1 aromatic heterocycles. The fourth-order valence-electron chi connectivity index (χ4n) is 1.59. The Balaban J connectivity index is 2.92. The highest BCUT2D eigenvalue weighted by Gasteiger charge is 2.22. The fraction of sp³-hybridized carbons (Fsp3) is 0.111. The van der Waals surface area contributed by atoms with Crippen molar-refractivity contribution in [1.82, 2.24) is 10.2 Å². The first-order valence-electron chi connectivity index (χ1n) is 4.77. The van der Waals surface area contributed by atoms with Gasteiger partial charge in [0.05, 0.1) is 11.1 Å². The Morgan fingerprint density at radius 2 is 2.06 bits per heavy atom. The molecule has 2 rings (SSSR count). The van der Waals surface area contributed by atoms with Crippen LogP contribution in [-0.4, -0.2) is 25.9 Å². The molecule has 0 saturated carbocycles. The van der Waals surface area contributed by atoms with Crippen LogP contribution in [0, 0.1) is 0 Å². The maximum Gasteiger partial charge on any atom is 0.272 e. The van der Waals surface area contributed by atoms with Crippen LogP contribution in [-0.2, 0) is 4.67 Å². The number of alkyl halides is 1. The second kappa shape index (κ2) is 3.93. The summed E-state index contributed by atoms with van der Waals surface area (Å²) in [7, 11) is 3.69. The van der Waals surface area contributed by atoms with Gasteiger partial charge in [-0.1, -0.05) is 15.9 Å². The number of nitrogens with one attached hydrogen (secondary N) is 1. The molecule has 0 unspecified atom stereocenters. The number of hydrogen-bond acceptors (Lipinski definition) is 2. The Hall–Kier alpha value is -0.740. The average molecular weight is 297 g/mol. The minimum atomic E-state index is -0.622. The molecule has 1 heterocycles. The predicted molar refractivity (Wildman–Crippen MR) is 74.7 cm³/mol. The van der Waals surface area contributed by atoms with Crippen molar-refractivity contribution in [3.05, 3.63) is 38.7 Å². The zero-order valence-electron chi connectivity index (χ0n) is 8.84. The van der Waals surface area contributed by atoms with E-state index in [0.717, 1.165) is 9.86 Å². The van der Waals surface area contributed by atoms with E-state index in [0.29, 0.717) is 11.1 Å². The van der Waals surface area contributed by atoms with E-state index in [-0.39, 0.29) is 5.56 Å². The van der Waals surface area contributed by atoms with Crippen LogP contribution in [0.3, 0.4) is 0 Å². The van der Waals surface area contributed by atoms with E-state index < -0.39 is 4.67 Å². The zero-order valence-corrected chi connectivity index (χ0v) is 11.2. The second-order valence-corrected chi connectivity index (χ2v) is 5.92. The van der Waals surface area contributed by atoms with Gasteiger partial charge in [-0.15, -0.1) is 11.6 Å². The van der Waals surface area contributed by atoms with Crippen LogP contribution in [0.1, 0.15) is 5.69 Å². The van der Waals surface area contributed by atoms with Crippen molar-refractivity contribution in [2.75, 3.05) is 0 Å². The van der Waals surface area contributed by atoms with Crippen LogP contribution < -0.4 is 5.56 Å². The molecule has 3 nitrogen and oxygen atoms in total. The molecule has 0 aliphatic rings. The van der Waals surface area contributed by atoms with E-state index in [2.05, 4.69) is 26.1 Å². The third-order valence-electron chi connectivity index (χ3n) is 2.31. The zero-order chi connectivity index (χ0) is 11.9. The molecule has 0 saturated heterocycles. The van der Waals surface area contributed by atoms with Crippen LogP contribution in [0.5, 0.6) is 0 Å². The molecular formula is C9H8B2BrClN2O. The van der Waals surface area contributed by atoms with Crippen molar-refractivity contribution < 1.29 is 0 Å². The van der Waals surface area contributed by atoms with Gasteiger partial charge in [-0.25, -0.2) is 5.10 Å². The van der Waals surface area contributed by atoms with Gasteiger partial charge in [0.25, 0.3) is 5.56 Å². The lowest BCUT2D eigenvalue weighted by molar-refractivity contribution is 0.932. The number of rotatable bonds is 1. The molecule has 7 heteroatoms. The molecule has 0 bridgehead atoms. The van der Waals surface area contributed by atoms with Crippen molar-refractivity contribution in [2.24, 2.45) is 0 Å². The summed E-state index contributed by atoms with van der Waals surface area (Å²) < 4.78 is 0.276. The van der Waals surface area contributed by atoms with Crippen molar-refractivity contribution in [3.63, 3.8) is 0 Å². The molecule has 0 fully saturated rings. The van der Waals surface area contributed by atoms with Gasteiger partial charge in [0.2, 0.25) is 0 Å². The van der Waals surface area contributed by atoms with E-state index >= 15 is 0 Å². The SMILES string of the molecule is BC(B)(Cl)c1n[nH]c(=O)c2ccc(Br)cc12. The van der Waals surface area contributed by atoms with Crippen molar-refractivity contribution in [1.29, 1.82) is 0 Å². The predicted octanol–water partition coefficient (Wildman–Crippen LogP) is 0.301. The maximum absolute atomic E-state index is 11.6. The number of fused-ring (bicyclic) bond motifs is 1. The lowest BCUT2D eigenvalue weighted by Gasteiger charge is -2.16. The lowest BCUT2D eigenvalue weighted by Crippen LogP contribution is -2.24. The summed E-state index contributed by atoms with van der Waals surface area (Å²) in [6, 6.07) is 5.44. The highest BCUT2D eigenvalue weighted by atomic mass is 79.9. The molecule has 1 aromatic carbocycles. The highest BCUT2D eigenvalue weighted by molar-refractivity contribution is 9.10. The van der Waals surface area contributed by atoms with Crippen molar-refractivity contribution >= 4 is 54.0 Å². The minimum Gasteiger partial charge on any atom is -0.267 e. The molecule has 0 aliphatic carbocycles. The summed E-state index contributed by atoms with van der Waals surface area (Å²) in [5.74, 6) is 0. The average Bonchev–Trinajstić information content (AvgIpc) is 2.15. The van der Waals surface area contributed by atoms with Gasteiger partial charge in [-0.2, -0.15) is 5.10 Å². The number of nitrogens with zero attached hydrogens (tertiary/aromatic N) is 1. The van der Waals surface area contributed by atoms with E-state index in [9.17, 15) is 4.79 Å². The van der Waals surface area contributed by atoms with Gasteiger partial charge in [0, 0.05) is 14.5 Å². The van der Waals surface area contributed by atoms with E-state index in [4.69, 9.17) is 11.6 Å². The van der Waals surface area contributed by atoms with Gasteiger partial charge >= 0.3 is 0 Å². The number of hydrogen-bond donors (Lipinski definition) is 1. The number of H-pyrrole nitrogens is 1. The summed E-state index contributed by atoms with van der Waals surface area (Å²) in [6.07, 6.45) is 0. The summed E-state index contributed by atoms with van der Waals surface area (Å²) >= 11 is 9.62. The molecule has 0 spiro atoms. The quantitative estimate of drug-likeness (QED) is 0.608. The molecule has 0 atom stereocenters. The first-order chi connectivity index (χ1) is 7.39. The number of halogens is 2. The van der Waals surface area contributed by atoms with E-state index in [1.807, 2.05) is 27.8 Å². The first-order valence-corrected chi connectivity index (χ1v) is 5.94. The molecule has 0 radical (unpaired) electrons. The molecule has 2 aromatic rings. The van der Waals surface area contributed by atoms with Crippen LogP contribution in [0.15, 0.2) is 27.5 Å². The van der Waals surface area contributed by atoms with Crippen LogP contribution in [0.2, 0.25) is 0 Å². The third-order valence-corrected chi connectivity index (χ3v) is 2.99. The number of aromatic nitrogens is 2. The van der Waals surface area contributed by atoms with E-state index in [1.54, 1.807) is 6.07 Å². The summed E-state index contributed by atoms with van der Waals surface area (Å²) in [5, 5.41) is 7.87. The van der Waals surface area contributed by atoms with Gasteiger partial charge in [0.15, 0.2) is 0 Å². The summed E-state index contributed by atoms with van der Waals surface area (Å²) in [4.78, 5) is 11.6. The third kappa shape index (κ3) is 2.04. The Kier molecular flexibility index (Phi) is 2.88. The second-order valence-electron chi connectivity index (χ2n) is 4.06. The Morgan fingerprint density at radius 1 is 1.38 bits per heavy atom. The van der Waals surface area contributed by atoms with Gasteiger partial charge in [0.1, 0.15) is 15.7 Å². The van der Waals surface area contributed by atoms with Crippen molar-refractivity contribution in [2.45, 2.75) is 4.67 Å². The lowest BCUT2D eigenvalue weighted by atomic mass is 9.67. The molecular weight excluding hydrogens is 289 g/mol. The van der Waals surface area contributed by atoms with Crippen LogP contribution in [0.4, 0.5) is 0 Å². The largest absolute Gasteiger partial charge is 0.272 e. The van der Waals surface area contributed by atoms with Gasteiger partial charge in [-0.3, -0.25) is 4.79 Å². The monoisotopic (exact) mass is 296 g/mol. The molecule has 1 N–H and O–H groups in total. The molecule has 0 amide bonds. The van der Waals surface area contributed by atoms with Gasteiger partial charge in [-0.05, 0) is 18.2 Å². The van der Waals surface area contributed by atoms with Crippen molar-refractivity contribution in [3.8, 4) is 0 Å². The maximum atomic E-state index is 11.6. The minimum absolute atomic E-state index is 0.202. The Morgan fingerprint density at radius 3 is 2.69 bits per heavy atom. The standard InChI is InChI=1S/C9H8B2BrClN2O/c10-9(11,13)7-6-3-4(12)1-2-5(6)8(16)15-14-7/h1-3H,10-11H2,(H,15,16). The molecule has 80 valence electrons. The normalized spacial score (nSPS) is 11.9. The first kappa shape index (κ1) is 11.7. The number of aromatic amines is 1. The number of benzene rings is 1. The Labute approximate surface area is 108 Å². The topological polar surface area (TPSA) is 45.8 Å². The fourth-order valence-corrected chi connectivity index (χ4v) is 2.10. The summed E-state index contributed by atoms with van der Waals surface area (Å²) in [5.41, 5.74) is 0.470. The Bertz CT molecular complexity index is 608. The van der Waals surface area contributed by atoms with Crippen LogP contribution >= 0.6 is 27.5 Å². The smallest absolute Gasteiger partial charge is 0.267 e.